The molecule has 2 heteroatoms. The molecule has 1 saturated heterocycles. The fraction of sp³-hybridized carbons (Fsp3) is 0.385. The van der Waals surface area contributed by atoms with E-state index in [1.165, 1.54) is 41.2 Å². The Morgan fingerprint density at radius 2 is 1.73 bits per heavy atom. The minimum Gasteiger partial charge on any atom is -1.00 e. The molecule has 1 fully saturated rings. The molecule has 0 amide bonds. The Balaban J connectivity index is 0.00000112. The smallest absolute Gasteiger partial charge is 0.133 e. The highest BCUT2D eigenvalue weighted by atomic mass is 35.5. The van der Waals surface area contributed by atoms with Crippen molar-refractivity contribution in [2.75, 3.05) is 11.5 Å². The van der Waals surface area contributed by atoms with E-state index in [9.17, 15) is 0 Å². The SMILES string of the molecule is C=Cc1ccc(C[S+]2CCCC2)cc1.[Cl-]. The zero-order valence-corrected chi connectivity index (χ0v) is 10.5. The van der Waals surface area contributed by atoms with Crippen LogP contribution in [0, 0.1) is 0 Å². The third kappa shape index (κ3) is 3.58. The second-order valence-electron chi connectivity index (χ2n) is 3.82. The van der Waals surface area contributed by atoms with Crippen LogP contribution >= 0.6 is 0 Å². The van der Waals surface area contributed by atoms with Crippen molar-refractivity contribution in [2.45, 2.75) is 18.6 Å². The number of halogens is 1. The van der Waals surface area contributed by atoms with Gasteiger partial charge in [0, 0.05) is 5.56 Å². The zero-order valence-electron chi connectivity index (χ0n) is 8.92. The van der Waals surface area contributed by atoms with Crippen molar-refractivity contribution in [1.29, 1.82) is 0 Å². The number of benzene rings is 1. The van der Waals surface area contributed by atoms with Crippen LogP contribution in [0.15, 0.2) is 30.8 Å². The van der Waals surface area contributed by atoms with E-state index < -0.39 is 0 Å². The third-order valence-corrected chi connectivity index (χ3v) is 5.18. The van der Waals surface area contributed by atoms with Crippen molar-refractivity contribution < 1.29 is 12.4 Å². The van der Waals surface area contributed by atoms with Crippen molar-refractivity contribution in [1.82, 2.24) is 0 Å². The van der Waals surface area contributed by atoms with Crippen LogP contribution in [-0.2, 0) is 16.6 Å². The Morgan fingerprint density at radius 1 is 1.13 bits per heavy atom. The molecule has 0 saturated carbocycles. The van der Waals surface area contributed by atoms with E-state index in [4.69, 9.17) is 0 Å². The average molecular weight is 241 g/mol. The molecule has 0 atom stereocenters. The van der Waals surface area contributed by atoms with Crippen LogP contribution in [0.3, 0.4) is 0 Å². The van der Waals surface area contributed by atoms with Gasteiger partial charge in [0.05, 0.1) is 0 Å². The molecule has 82 valence electrons. The average Bonchev–Trinajstić information content (AvgIpc) is 2.72. The summed E-state index contributed by atoms with van der Waals surface area (Å²) in [6.45, 7) is 3.77. The predicted octanol–water partition coefficient (Wildman–Crippen LogP) is 0.246. The second kappa shape index (κ2) is 6.24. The van der Waals surface area contributed by atoms with Gasteiger partial charge in [0.1, 0.15) is 17.3 Å². The first kappa shape index (κ1) is 12.7. The van der Waals surface area contributed by atoms with Gasteiger partial charge in [-0.3, -0.25) is 0 Å². The first-order valence-corrected chi connectivity index (χ1v) is 6.97. The molecule has 0 aromatic heterocycles. The standard InChI is InChI=1S/C13H17S.ClH/c1-2-12-5-7-13(8-6-12)11-14-9-3-4-10-14;/h2,5-8H,1,3-4,9-11H2;1H/q+1;/p-1. The predicted molar refractivity (Wildman–Crippen MR) is 66.6 cm³/mol. The van der Waals surface area contributed by atoms with Gasteiger partial charge in [0.25, 0.3) is 0 Å². The summed E-state index contributed by atoms with van der Waals surface area (Å²) >= 11 is 0. The van der Waals surface area contributed by atoms with Gasteiger partial charge in [0.2, 0.25) is 0 Å². The molecule has 1 aromatic rings. The maximum absolute atomic E-state index is 3.77. The van der Waals surface area contributed by atoms with Crippen LogP contribution in [-0.4, -0.2) is 11.5 Å². The Bertz CT molecular complexity index is 299. The Hall–Kier alpha value is -0.400. The quantitative estimate of drug-likeness (QED) is 0.665. The van der Waals surface area contributed by atoms with E-state index in [1.54, 1.807) is 0 Å². The minimum atomic E-state index is 0. The summed E-state index contributed by atoms with van der Waals surface area (Å²) in [5.41, 5.74) is 2.73. The summed E-state index contributed by atoms with van der Waals surface area (Å²) in [5.74, 6) is 4.23. The maximum atomic E-state index is 3.77. The van der Waals surface area contributed by atoms with E-state index in [0.717, 1.165) is 0 Å². The summed E-state index contributed by atoms with van der Waals surface area (Å²) in [4.78, 5) is 0. The van der Waals surface area contributed by atoms with E-state index in [1.807, 2.05) is 6.08 Å². The summed E-state index contributed by atoms with van der Waals surface area (Å²) in [6, 6.07) is 8.84. The van der Waals surface area contributed by atoms with Crippen LogP contribution < -0.4 is 12.4 Å². The first-order chi connectivity index (χ1) is 6.88. The Kier molecular flexibility index (Phi) is 5.27. The summed E-state index contributed by atoms with van der Waals surface area (Å²) in [7, 11) is 0.687. The fourth-order valence-electron chi connectivity index (χ4n) is 1.84. The van der Waals surface area contributed by atoms with Crippen LogP contribution in [0.25, 0.3) is 6.08 Å². The largest absolute Gasteiger partial charge is 1.00 e. The van der Waals surface area contributed by atoms with Gasteiger partial charge in [-0.05, 0) is 29.3 Å². The van der Waals surface area contributed by atoms with Gasteiger partial charge < -0.3 is 12.4 Å². The highest BCUT2D eigenvalue weighted by Crippen LogP contribution is 2.18. The lowest BCUT2D eigenvalue weighted by Gasteiger charge is -2.01. The van der Waals surface area contributed by atoms with Crippen molar-refractivity contribution in [3.63, 3.8) is 0 Å². The summed E-state index contributed by atoms with van der Waals surface area (Å²) < 4.78 is 0. The topological polar surface area (TPSA) is 0 Å². The summed E-state index contributed by atoms with van der Waals surface area (Å²) in [5, 5.41) is 0. The molecule has 1 heterocycles. The van der Waals surface area contributed by atoms with Crippen molar-refractivity contribution in [3.05, 3.63) is 42.0 Å². The molecular weight excluding hydrogens is 224 g/mol. The fourth-order valence-corrected chi connectivity index (χ4v) is 4.23. The van der Waals surface area contributed by atoms with Gasteiger partial charge >= 0.3 is 0 Å². The van der Waals surface area contributed by atoms with Gasteiger partial charge in [0.15, 0.2) is 0 Å². The molecule has 1 aliphatic heterocycles. The van der Waals surface area contributed by atoms with Gasteiger partial charge in [-0.1, -0.05) is 36.9 Å². The number of hydrogen-bond acceptors (Lipinski definition) is 0. The lowest BCUT2D eigenvalue weighted by Crippen LogP contribution is -3.00. The van der Waals surface area contributed by atoms with Gasteiger partial charge in [-0.25, -0.2) is 0 Å². The highest BCUT2D eigenvalue weighted by Gasteiger charge is 2.23. The maximum Gasteiger partial charge on any atom is 0.133 e. The zero-order chi connectivity index (χ0) is 9.80. The van der Waals surface area contributed by atoms with Crippen LogP contribution in [0.4, 0.5) is 0 Å². The Morgan fingerprint density at radius 3 is 2.27 bits per heavy atom. The molecule has 0 bridgehead atoms. The lowest BCUT2D eigenvalue weighted by molar-refractivity contribution is -0.00000285. The Labute approximate surface area is 102 Å². The van der Waals surface area contributed by atoms with E-state index in [2.05, 4.69) is 30.8 Å². The molecule has 0 spiro atoms. The van der Waals surface area contributed by atoms with Crippen LogP contribution in [0.1, 0.15) is 24.0 Å². The highest BCUT2D eigenvalue weighted by molar-refractivity contribution is 7.96. The first-order valence-electron chi connectivity index (χ1n) is 5.24. The molecule has 15 heavy (non-hydrogen) atoms. The van der Waals surface area contributed by atoms with Crippen molar-refractivity contribution in [3.8, 4) is 0 Å². The van der Waals surface area contributed by atoms with E-state index in [-0.39, 0.29) is 12.4 Å². The van der Waals surface area contributed by atoms with Crippen LogP contribution in [0.5, 0.6) is 0 Å². The molecule has 1 aliphatic rings. The molecule has 0 nitrogen and oxygen atoms in total. The third-order valence-electron chi connectivity index (χ3n) is 2.70. The van der Waals surface area contributed by atoms with E-state index in [0.29, 0.717) is 10.9 Å². The van der Waals surface area contributed by atoms with Crippen LogP contribution in [0.2, 0.25) is 0 Å². The van der Waals surface area contributed by atoms with Gasteiger partial charge in [-0.15, -0.1) is 0 Å². The normalized spacial score (nSPS) is 16.0. The second-order valence-corrected chi connectivity index (χ2v) is 6.15. The number of rotatable bonds is 3. The van der Waals surface area contributed by atoms with Crippen molar-refractivity contribution >= 4 is 17.0 Å². The molecule has 0 unspecified atom stereocenters. The monoisotopic (exact) mass is 240 g/mol. The van der Waals surface area contributed by atoms with Crippen molar-refractivity contribution in [2.24, 2.45) is 0 Å². The molecule has 2 rings (SSSR count). The summed E-state index contributed by atoms with van der Waals surface area (Å²) in [6.07, 6.45) is 4.81. The lowest BCUT2D eigenvalue weighted by atomic mass is 10.1. The van der Waals surface area contributed by atoms with E-state index >= 15 is 0 Å². The molecule has 1 aromatic carbocycles. The molecule has 0 N–H and O–H groups in total. The number of hydrogen-bond donors (Lipinski definition) is 0. The molecular formula is C13H17ClS. The van der Waals surface area contributed by atoms with Gasteiger partial charge in [-0.2, -0.15) is 0 Å². The molecule has 0 aliphatic carbocycles. The minimum absolute atomic E-state index is 0. The molecule has 0 radical (unpaired) electrons.